The van der Waals surface area contributed by atoms with Crippen LogP contribution in [0.3, 0.4) is 0 Å². The van der Waals surface area contributed by atoms with Gasteiger partial charge in [-0.1, -0.05) is 0 Å². The number of amides is 1. The minimum absolute atomic E-state index is 0.0827. The third-order valence-corrected chi connectivity index (χ3v) is 5.74. The molecule has 0 radical (unpaired) electrons. The minimum atomic E-state index is -0.0827. The van der Waals surface area contributed by atoms with Crippen molar-refractivity contribution >= 4 is 22.9 Å². The first-order valence-corrected chi connectivity index (χ1v) is 9.28. The summed E-state index contributed by atoms with van der Waals surface area (Å²) in [6, 6.07) is 7.38. The third-order valence-electron chi connectivity index (χ3n) is 4.75. The Morgan fingerprint density at radius 3 is 2.68 bits per heavy atom. The van der Waals surface area contributed by atoms with Gasteiger partial charge in [-0.05, 0) is 38.8 Å². The summed E-state index contributed by atoms with van der Waals surface area (Å²) in [4.78, 5) is 33.3. The molecule has 7 heteroatoms. The smallest absolute Gasteiger partial charge is 0.272 e. The standard InChI is InChI=1S/C18H20N4O2S/c1-11-9-16-19-14(10-17(23)22(16)20-11)13-5-7-21(8-6-13)18(24)15-4-3-12(2)25-15/h3-4,9-10,13,20H,5-8H2,1-2H3. The topological polar surface area (TPSA) is 70.5 Å². The molecule has 6 nitrogen and oxygen atoms in total. The van der Waals surface area contributed by atoms with Crippen LogP contribution >= 0.6 is 11.3 Å². The summed E-state index contributed by atoms with van der Waals surface area (Å²) in [7, 11) is 0. The van der Waals surface area contributed by atoms with Gasteiger partial charge in [-0.25, -0.2) is 9.50 Å². The maximum Gasteiger partial charge on any atom is 0.272 e. The zero-order valence-electron chi connectivity index (χ0n) is 14.3. The fourth-order valence-corrected chi connectivity index (χ4v) is 4.26. The second-order valence-corrected chi connectivity index (χ2v) is 7.92. The second kappa shape index (κ2) is 6.15. The van der Waals surface area contributed by atoms with E-state index >= 15 is 0 Å². The molecule has 0 aromatic carbocycles. The average molecular weight is 356 g/mol. The molecule has 0 atom stereocenters. The van der Waals surface area contributed by atoms with Crippen molar-refractivity contribution in [2.45, 2.75) is 32.6 Å². The van der Waals surface area contributed by atoms with Crippen LogP contribution in [0.15, 0.2) is 29.1 Å². The van der Waals surface area contributed by atoms with Crippen LogP contribution in [-0.2, 0) is 0 Å². The highest BCUT2D eigenvalue weighted by Gasteiger charge is 2.26. The van der Waals surface area contributed by atoms with Crippen molar-refractivity contribution in [1.82, 2.24) is 19.5 Å². The fourth-order valence-electron chi connectivity index (χ4n) is 3.42. The lowest BCUT2D eigenvalue weighted by molar-refractivity contribution is 0.0717. The van der Waals surface area contributed by atoms with Crippen LogP contribution in [0.5, 0.6) is 0 Å². The van der Waals surface area contributed by atoms with Crippen molar-refractivity contribution in [3.05, 3.63) is 55.8 Å². The molecule has 25 heavy (non-hydrogen) atoms. The number of fused-ring (bicyclic) bond motifs is 1. The summed E-state index contributed by atoms with van der Waals surface area (Å²) < 4.78 is 1.47. The predicted octanol–water partition coefficient (Wildman–Crippen LogP) is 2.72. The summed E-state index contributed by atoms with van der Waals surface area (Å²) >= 11 is 1.54. The van der Waals surface area contributed by atoms with Crippen LogP contribution in [-0.4, -0.2) is 38.5 Å². The molecule has 0 bridgehead atoms. The lowest BCUT2D eigenvalue weighted by Gasteiger charge is -2.31. The van der Waals surface area contributed by atoms with Crippen molar-refractivity contribution in [3.63, 3.8) is 0 Å². The van der Waals surface area contributed by atoms with E-state index in [1.807, 2.05) is 36.9 Å². The van der Waals surface area contributed by atoms with Crippen LogP contribution in [0.25, 0.3) is 5.65 Å². The molecule has 1 aliphatic rings. The van der Waals surface area contributed by atoms with E-state index in [1.165, 1.54) is 4.52 Å². The number of nitrogens with one attached hydrogen (secondary N) is 1. The van der Waals surface area contributed by atoms with E-state index in [1.54, 1.807) is 17.4 Å². The van der Waals surface area contributed by atoms with E-state index in [0.717, 1.165) is 34.0 Å². The lowest BCUT2D eigenvalue weighted by atomic mass is 9.93. The Bertz CT molecular complexity index is 992. The van der Waals surface area contributed by atoms with Crippen molar-refractivity contribution in [1.29, 1.82) is 0 Å². The van der Waals surface area contributed by atoms with E-state index in [2.05, 4.69) is 10.1 Å². The van der Waals surface area contributed by atoms with Crippen molar-refractivity contribution < 1.29 is 4.79 Å². The average Bonchev–Trinajstić information content (AvgIpc) is 3.19. The van der Waals surface area contributed by atoms with Gasteiger partial charge >= 0.3 is 0 Å². The number of thiophene rings is 1. The molecule has 1 aliphatic heterocycles. The van der Waals surface area contributed by atoms with E-state index in [9.17, 15) is 9.59 Å². The molecule has 0 unspecified atom stereocenters. The van der Waals surface area contributed by atoms with Crippen LogP contribution < -0.4 is 5.56 Å². The number of nitrogens with zero attached hydrogens (tertiary/aromatic N) is 3. The van der Waals surface area contributed by atoms with Crippen molar-refractivity contribution in [2.75, 3.05) is 13.1 Å². The first-order valence-electron chi connectivity index (χ1n) is 8.46. The molecule has 1 fully saturated rings. The first-order chi connectivity index (χ1) is 12.0. The molecule has 3 aromatic rings. The van der Waals surface area contributed by atoms with E-state index in [0.29, 0.717) is 18.7 Å². The van der Waals surface area contributed by atoms with Gasteiger partial charge in [-0.3, -0.25) is 14.7 Å². The molecule has 0 spiro atoms. The molecule has 0 saturated carbocycles. The molecule has 4 heterocycles. The molecular weight excluding hydrogens is 336 g/mol. The predicted molar refractivity (Wildman–Crippen MR) is 97.5 cm³/mol. The van der Waals surface area contributed by atoms with Gasteiger partial charge in [0, 0.05) is 41.7 Å². The van der Waals surface area contributed by atoms with Gasteiger partial charge in [-0.2, -0.15) is 0 Å². The Morgan fingerprint density at radius 1 is 1.24 bits per heavy atom. The Morgan fingerprint density at radius 2 is 2.00 bits per heavy atom. The number of H-pyrrole nitrogens is 1. The van der Waals surface area contributed by atoms with Crippen molar-refractivity contribution in [3.8, 4) is 0 Å². The molecule has 1 saturated heterocycles. The van der Waals surface area contributed by atoms with Gasteiger partial charge in [0.25, 0.3) is 11.5 Å². The number of aromatic nitrogens is 3. The normalized spacial score (nSPS) is 15.8. The molecule has 1 N–H and O–H groups in total. The highest BCUT2D eigenvalue weighted by atomic mass is 32.1. The summed E-state index contributed by atoms with van der Waals surface area (Å²) in [6.07, 6.45) is 1.67. The summed E-state index contributed by atoms with van der Waals surface area (Å²) in [5.74, 6) is 0.336. The molecule has 130 valence electrons. The number of rotatable bonds is 2. The fraction of sp³-hybridized carbons (Fsp3) is 0.389. The quantitative estimate of drug-likeness (QED) is 0.767. The summed E-state index contributed by atoms with van der Waals surface area (Å²) in [6.45, 7) is 5.32. The monoisotopic (exact) mass is 356 g/mol. The maximum atomic E-state index is 12.6. The van der Waals surface area contributed by atoms with E-state index < -0.39 is 0 Å². The number of carbonyl (C=O) groups is 1. The third kappa shape index (κ3) is 3.00. The molecule has 1 amide bonds. The zero-order chi connectivity index (χ0) is 17.6. The second-order valence-electron chi connectivity index (χ2n) is 6.63. The Balaban J connectivity index is 1.50. The number of likely N-dealkylation sites (tertiary alicyclic amines) is 1. The number of piperidine rings is 1. The minimum Gasteiger partial charge on any atom is -0.338 e. The van der Waals surface area contributed by atoms with Crippen LogP contribution in [0.2, 0.25) is 0 Å². The number of aromatic amines is 1. The number of aryl methyl sites for hydroxylation is 2. The van der Waals surface area contributed by atoms with Crippen LogP contribution in [0, 0.1) is 13.8 Å². The van der Waals surface area contributed by atoms with Gasteiger partial charge < -0.3 is 4.90 Å². The lowest BCUT2D eigenvalue weighted by Crippen LogP contribution is -2.38. The highest BCUT2D eigenvalue weighted by molar-refractivity contribution is 7.13. The number of carbonyl (C=O) groups excluding carboxylic acids is 1. The number of hydrogen-bond acceptors (Lipinski definition) is 4. The Labute approximate surface area is 149 Å². The zero-order valence-corrected chi connectivity index (χ0v) is 15.1. The van der Waals surface area contributed by atoms with Crippen LogP contribution in [0.4, 0.5) is 0 Å². The SMILES string of the molecule is Cc1cc2nc(C3CCN(C(=O)c4ccc(C)s4)CC3)cc(=O)n2[nH]1. The maximum absolute atomic E-state index is 12.6. The van der Waals surface area contributed by atoms with Gasteiger partial charge in [0.2, 0.25) is 0 Å². The summed E-state index contributed by atoms with van der Waals surface area (Å²) in [5, 5.41) is 2.99. The number of hydrogen-bond donors (Lipinski definition) is 1. The van der Waals surface area contributed by atoms with Gasteiger partial charge in [0.15, 0.2) is 5.65 Å². The largest absolute Gasteiger partial charge is 0.338 e. The highest BCUT2D eigenvalue weighted by Crippen LogP contribution is 2.28. The van der Waals surface area contributed by atoms with E-state index in [4.69, 9.17) is 0 Å². The first kappa shape index (κ1) is 16.1. The molecule has 0 aliphatic carbocycles. The van der Waals surface area contributed by atoms with E-state index in [-0.39, 0.29) is 17.4 Å². The molecule has 4 rings (SSSR count). The Hall–Kier alpha value is -2.41. The molecular formula is C18H20N4O2S. The Kier molecular flexibility index (Phi) is 3.95. The summed E-state index contributed by atoms with van der Waals surface area (Å²) in [5.41, 5.74) is 2.32. The van der Waals surface area contributed by atoms with Gasteiger partial charge in [0.1, 0.15) is 0 Å². The molecule has 3 aromatic heterocycles. The van der Waals surface area contributed by atoms with Crippen molar-refractivity contribution in [2.24, 2.45) is 0 Å². The van der Waals surface area contributed by atoms with Gasteiger partial charge in [-0.15, -0.1) is 11.3 Å². The van der Waals surface area contributed by atoms with Gasteiger partial charge in [0.05, 0.1) is 10.6 Å². The van der Waals surface area contributed by atoms with Crippen LogP contribution in [0.1, 0.15) is 44.7 Å².